The summed E-state index contributed by atoms with van der Waals surface area (Å²) >= 11 is 0. The first kappa shape index (κ1) is 15.0. The molecule has 2 rings (SSSR count). The van der Waals surface area contributed by atoms with Gasteiger partial charge in [0.15, 0.2) is 0 Å². The van der Waals surface area contributed by atoms with Gasteiger partial charge in [-0.2, -0.15) is 0 Å². The number of aliphatic hydroxyl groups excluding tert-OH is 1. The second-order valence-corrected chi connectivity index (χ2v) is 6.81. The Balaban J connectivity index is 2.16. The summed E-state index contributed by atoms with van der Waals surface area (Å²) in [6, 6.07) is 3.94. The molecule has 3 N–H and O–H groups in total. The number of carboxylic acids is 1. The molecule has 1 unspecified atom stereocenters. The van der Waals surface area contributed by atoms with Crippen LogP contribution in [0.15, 0.2) is 23.1 Å². The van der Waals surface area contributed by atoms with Crippen molar-refractivity contribution in [3.05, 3.63) is 29.3 Å². The first-order chi connectivity index (χ1) is 9.31. The number of rotatable bonds is 6. The quantitative estimate of drug-likeness (QED) is 0.719. The van der Waals surface area contributed by atoms with E-state index in [-0.39, 0.29) is 22.9 Å². The number of carboxylic acid groups (broad SMARTS) is 1. The lowest BCUT2D eigenvalue weighted by Crippen LogP contribution is -2.33. The zero-order valence-corrected chi connectivity index (χ0v) is 11.9. The van der Waals surface area contributed by atoms with Gasteiger partial charge in [0.05, 0.1) is 16.6 Å². The molecule has 7 heteroatoms. The monoisotopic (exact) mass is 299 g/mol. The number of sulfonamides is 1. The van der Waals surface area contributed by atoms with E-state index in [1.165, 1.54) is 12.1 Å². The fourth-order valence-corrected chi connectivity index (χ4v) is 3.00. The number of hydrogen-bond donors (Lipinski definition) is 3. The average Bonchev–Trinajstić information content (AvgIpc) is 3.20. The predicted octanol–water partition coefficient (Wildman–Crippen LogP) is 0.742. The molecule has 6 nitrogen and oxygen atoms in total. The fourth-order valence-electron chi connectivity index (χ4n) is 1.92. The van der Waals surface area contributed by atoms with E-state index in [0.29, 0.717) is 5.56 Å². The highest BCUT2D eigenvalue weighted by Crippen LogP contribution is 2.32. The summed E-state index contributed by atoms with van der Waals surface area (Å²) in [4.78, 5) is 10.9. The van der Waals surface area contributed by atoms with Crippen LogP contribution in [0.2, 0.25) is 0 Å². The van der Waals surface area contributed by atoms with Crippen LogP contribution in [0.25, 0.3) is 0 Å². The van der Waals surface area contributed by atoms with Crippen LogP contribution >= 0.6 is 0 Å². The molecule has 1 aliphatic carbocycles. The van der Waals surface area contributed by atoms with Gasteiger partial charge < -0.3 is 10.2 Å². The van der Waals surface area contributed by atoms with Gasteiger partial charge >= 0.3 is 5.97 Å². The smallest absolute Gasteiger partial charge is 0.335 e. The Labute approximate surface area is 117 Å². The van der Waals surface area contributed by atoms with Crippen LogP contribution in [0.5, 0.6) is 0 Å². The van der Waals surface area contributed by atoms with E-state index in [1.54, 1.807) is 6.92 Å². The first-order valence-corrected chi connectivity index (χ1v) is 7.81. The van der Waals surface area contributed by atoms with E-state index in [1.807, 2.05) is 0 Å². The zero-order valence-electron chi connectivity index (χ0n) is 11.0. The minimum Gasteiger partial charge on any atom is -0.478 e. The zero-order chi connectivity index (χ0) is 14.9. The van der Waals surface area contributed by atoms with Crippen LogP contribution in [0.1, 0.15) is 28.8 Å². The summed E-state index contributed by atoms with van der Waals surface area (Å²) in [5.41, 5.74) is 0.449. The van der Waals surface area contributed by atoms with Gasteiger partial charge in [0.25, 0.3) is 0 Å². The number of nitrogens with one attached hydrogen (secondary N) is 1. The van der Waals surface area contributed by atoms with Crippen molar-refractivity contribution in [1.29, 1.82) is 0 Å². The van der Waals surface area contributed by atoms with Crippen molar-refractivity contribution < 1.29 is 23.4 Å². The van der Waals surface area contributed by atoms with Crippen molar-refractivity contribution in [1.82, 2.24) is 4.72 Å². The van der Waals surface area contributed by atoms with Crippen LogP contribution in [-0.4, -0.2) is 37.2 Å². The van der Waals surface area contributed by atoms with Crippen molar-refractivity contribution >= 4 is 16.0 Å². The van der Waals surface area contributed by atoms with Crippen LogP contribution < -0.4 is 4.72 Å². The maximum absolute atomic E-state index is 12.1. The number of aryl methyl sites for hydroxylation is 1. The third-order valence-electron chi connectivity index (χ3n) is 3.40. The minimum atomic E-state index is -3.81. The van der Waals surface area contributed by atoms with Crippen LogP contribution in [-0.2, 0) is 10.0 Å². The van der Waals surface area contributed by atoms with Crippen molar-refractivity contribution in [2.75, 3.05) is 6.54 Å². The van der Waals surface area contributed by atoms with E-state index in [2.05, 4.69) is 4.72 Å². The van der Waals surface area contributed by atoms with Gasteiger partial charge in [-0.05, 0) is 43.4 Å². The van der Waals surface area contributed by atoms with E-state index in [9.17, 15) is 18.3 Å². The fraction of sp³-hybridized carbons (Fsp3) is 0.462. The standard InChI is InChI=1S/C13H17NO5S/c1-8-2-5-10(6-11(8)13(16)17)20(18,19)14-7-12(15)9-3-4-9/h2,5-6,9,12,14-15H,3-4,7H2,1H3,(H,16,17). The molecular weight excluding hydrogens is 282 g/mol. The van der Waals surface area contributed by atoms with Gasteiger partial charge in [-0.3, -0.25) is 0 Å². The molecule has 0 saturated heterocycles. The van der Waals surface area contributed by atoms with Crippen molar-refractivity contribution in [3.8, 4) is 0 Å². The average molecular weight is 299 g/mol. The minimum absolute atomic E-state index is 0.0457. The first-order valence-electron chi connectivity index (χ1n) is 6.33. The van der Waals surface area contributed by atoms with Gasteiger partial charge in [0, 0.05) is 6.54 Å². The van der Waals surface area contributed by atoms with Crippen molar-refractivity contribution in [2.45, 2.75) is 30.8 Å². The summed E-state index contributed by atoms with van der Waals surface area (Å²) in [6.07, 6.45) is 1.14. The highest BCUT2D eigenvalue weighted by molar-refractivity contribution is 7.89. The summed E-state index contributed by atoms with van der Waals surface area (Å²) in [7, 11) is -3.81. The molecule has 1 aromatic carbocycles. The summed E-state index contributed by atoms with van der Waals surface area (Å²) in [5, 5.41) is 18.7. The van der Waals surface area contributed by atoms with Crippen LogP contribution in [0.3, 0.4) is 0 Å². The third kappa shape index (κ3) is 3.36. The summed E-state index contributed by atoms with van der Waals surface area (Å²) < 4.78 is 26.4. The Kier molecular flexibility index (Phi) is 4.12. The SMILES string of the molecule is Cc1ccc(S(=O)(=O)NCC(O)C2CC2)cc1C(=O)O. The molecule has 1 aliphatic rings. The molecule has 0 spiro atoms. The molecule has 0 aliphatic heterocycles. The third-order valence-corrected chi connectivity index (χ3v) is 4.82. The summed E-state index contributed by atoms with van der Waals surface area (Å²) in [6.45, 7) is 1.55. The largest absolute Gasteiger partial charge is 0.478 e. The molecule has 20 heavy (non-hydrogen) atoms. The Morgan fingerprint density at radius 3 is 2.65 bits per heavy atom. The van der Waals surface area contributed by atoms with Crippen molar-refractivity contribution in [3.63, 3.8) is 0 Å². The summed E-state index contributed by atoms with van der Waals surface area (Å²) in [5.74, 6) is -0.997. The molecule has 0 amide bonds. The molecule has 0 heterocycles. The van der Waals surface area contributed by atoms with E-state index in [0.717, 1.165) is 18.9 Å². The second-order valence-electron chi connectivity index (χ2n) is 5.04. The molecule has 110 valence electrons. The van der Waals surface area contributed by atoms with E-state index in [4.69, 9.17) is 5.11 Å². The van der Waals surface area contributed by atoms with Gasteiger partial charge in [0.1, 0.15) is 0 Å². The Hall–Kier alpha value is -1.44. The second kappa shape index (κ2) is 5.51. The Morgan fingerprint density at radius 2 is 2.10 bits per heavy atom. The topological polar surface area (TPSA) is 104 Å². The van der Waals surface area contributed by atoms with Gasteiger partial charge in [-0.25, -0.2) is 17.9 Å². The lowest BCUT2D eigenvalue weighted by atomic mass is 10.1. The lowest BCUT2D eigenvalue weighted by Gasteiger charge is -2.12. The van der Waals surface area contributed by atoms with Gasteiger partial charge in [-0.15, -0.1) is 0 Å². The predicted molar refractivity (Wildman–Crippen MR) is 72.1 cm³/mol. The molecular formula is C13H17NO5S. The molecule has 0 bridgehead atoms. The molecule has 1 aromatic rings. The maximum atomic E-state index is 12.1. The number of hydrogen-bond acceptors (Lipinski definition) is 4. The number of aliphatic hydroxyl groups is 1. The maximum Gasteiger partial charge on any atom is 0.335 e. The molecule has 1 atom stereocenters. The highest BCUT2D eigenvalue weighted by atomic mass is 32.2. The number of carbonyl (C=O) groups is 1. The number of aromatic carboxylic acids is 1. The molecule has 1 saturated carbocycles. The molecule has 0 aromatic heterocycles. The molecule has 1 fully saturated rings. The van der Waals surface area contributed by atoms with Gasteiger partial charge in [0.2, 0.25) is 10.0 Å². The Morgan fingerprint density at radius 1 is 1.45 bits per heavy atom. The van der Waals surface area contributed by atoms with E-state index < -0.39 is 22.1 Å². The van der Waals surface area contributed by atoms with Crippen molar-refractivity contribution in [2.24, 2.45) is 5.92 Å². The lowest BCUT2D eigenvalue weighted by molar-refractivity contribution is 0.0696. The van der Waals surface area contributed by atoms with Gasteiger partial charge in [-0.1, -0.05) is 6.07 Å². The highest BCUT2D eigenvalue weighted by Gasteiger charge is 2.30. The van der Waals surface area contributed by atoms with Crippen LogP contribution in [0, 0.1) is 12.8 Å². The van der Waals surface area contributed by atoms with Crippen LogP contribution in [0.4, 0.5) is 0 Å². The normalized spacial score (nSPS) is 16.9. The molecule has 0 radical (unpaired) electrons. The number of benzene rings is 1. The Bertz CT molecular complexity index is 622. The van der Waals surface area contributed by atoms with E-state index >= 15 is 0 Å².